The van der Waals surface area contributed by atoms with Crippen LogP contribution in [0.2, 0.25) is 0 Å². The molecular weight excluding hydrogens is 280 g/mol. The van der Waals surface area contributed by atoms with Crippen LogP contribution in [0.4, 0.5) is 5.69 Å². The van der Waals surface area contributed by atoms with E-state index >= 15 is 0 Å². The first-order valence-corrected chi connectivity index (χ1v) is 5.97. The molecule has 0 spiro atoms. The summed E-state index contributed by atoms with van der Waals surface area (Å²) in [6, 6.07) is 11.5. The van der Waals surface area contributed by atoms with Crippen LogP contribution in [0, 0.1) is 18.3 Å². The van der Waals surface area contributed by atoms with Crippen molar-refractivity contribution in [2.24, 2.45) is 0 Å². The summed E-state index contributed by atoms with van der Waals surface area (Å²) in [7, 11) is 0. The van der Waals surface area contributed by atoms with E-state index in [1.807, 2.05) is 25.1 Å². The van der Waals surface area contributed by atoms with Crippen LogP contribution in [0.25, 0.3) is 0 Å². The minimum absolute atomic E-state index is 0.338. The Morgan fingerprint density at radius 3 is 2.88 bits per heavy atom. The maximum atomic E-state index is 8.65. The SMILES string of the molecule is Cc1ccc(Br)c(NCc2ccc(C#N)o2)c1. The number of nitrogens with one attached hydrogen (secondary N) is 1. The second kappa shape index (κ2) is 5.07. The molecule has 0 radical (unpaired) electrons. The van der Waals surface area contributed by atoms with Crippen LogP contribution >= 0.6 is 15.9 Å². The second-order valence-corrected chi connectivity index (χ2v) is 4.57. The van der Waals surface area contributed by atoms with Gasteiger partial charge in [0.2, 0.25) is 5.76 Å². The molecule has 17 heavy (non-hydrogen) atoms. The highest BCUT2D eigenvalue weighted by Crippen LogP contribution is 2.24. The largest absolute Gasteiger partial charge is 0.449 e. The summed E-state index contributed by atoms with van der Waals surface area (Å²) in [5.41, 5.74) is 2.20. The first-order valence-electron chi connectivity index (χ1n) is 5.18. The maximum absolute atomic E-state index is 8.65. The van der Waals surface area contributed by atoms with Crippen molar-refractivity contribution >= 4 is 21.6 Å². The molecule has 0 fully saturated rings. The van der Waals surface area contributed by atoms with Crippen molar-refractivity contribution in [1.29, 1.82) is 5.26 Å². The smallest absolute Gasteiger partial charge is 0.203 e. The average Bonchev–Trinajstić information content (AvgIpc) is 2.78. The molecule has 1 heterocycles. The van der Waals surface area contributed by atoms with E-state index in [0.717, 1.165) is 15.9 Å². The van der Waals surface area contributed by atoms with Crippen LogP contribution in [0.3, 0.4) is 0 Å². The number of hydrogen-bond acceptors (Lipinski definition) is 3. The Bertz CT molecular complexity index is 569. The molecule has 0 atom stereocenters. The van der Waals surface area contributed by atoms with Gasteiger partial charge in [0.25, 0.3) is 0 Å². The van der Waals surface area contributed by atoms with Gasteiger partial charge in [0.1, 0.15) is 11.8 Å². The highest BCUT2D eigenvalue weighted by molar-refractivity contribution is 9.10. The van der Waals surface area contributed by atoms with E-state index < -0.39 is 0 Å². The summed E-state index contributed by atoms with van der Waals surface area (Å²) in [5.74, 6) is 1.08. The van der Waals surface area contributed by atoms with Crippen molar-refractivity contribution in [3.63, 3.8) is 0 Å². The van der Waals surface area contributed by atoms with Crippen LogP contribution in [0.15, 0.2) is 39.2 Å². The van der Waals surface area contributed by atoms with Gasteiger partial charge in [-0.15, -0.1) is 0 Å². The number of rotatable bonds is 3. The molecule has 2 rings (SSSR count). The van der Waals surface area contributed by atoms with Crippen LogP contribution in [-0.2, 0) is 6.54 Å². The van der Waals surface area contributed by atoms with Crippen molar-refractivity contribution in [1.82, 2.24) is 0 Å². The van der Waals surface area contributed by atoms with Gasteiger partial charge in [0.15, 0.2) is 0 Å². The molecule has 1 N–H and O–H groups in total. The number of nitrogens with zero attached hydrogens (tertiary/aromatic N) is 1. The summed E-state index contributed by atoms with van der Waals surface area (Å²) in [6.45, 7) is 2.60. The van der Waals surface area contributed by atoms with Crippen LogP contribution in [0.1, 0.15) is 17.1 Å². The molecule has 86 valence electrons. The highest BCUT2D eigenvalue weighted by Gasteiger charge is 2.03. The monoisotopic (exact) mass is 290 g/mol. The molecule has 4 heteroatoms. The fourth-order valence-corrected chi connectivity index (χ4v) is 1.88. The summed E-state index contributed by atoms with van der Waals surface area (Å²) in [5, 5.41) is 11.9. The number of nitriles is 1. The number of anilines is 1. The van der Waals surface area contributed by atoms with E-state index in [9.17, 15) is 0 Å². The topological polar surface area (TPSA) is 49.0 Å². The van der Waals surface area contributed by atoms with E-state index in [0.29, 0.717) is 12.3 Å². The lowest BCUT2D eigenvalue weighted by atomic mass is 10.2. The summed E-state index contributed by atoms with van der Waals surface area (Å²) in [6.07, 6.45) is 0. The Morgan fingerprint density at radius 1 is 1.35 bits per heavy atom. The predicted octanol–water partition coefficient (Wildman–Crippen LogP) is 3.83. The molecule has 1 aromatic heterocycles. The van der Waals surface area contributed by atoms with Gasteiger partial charge in [-0.1, -0.05) is 6.07 Å². The van der Waals surface area contributed by atoms with Crippen molar-refractivity contribution in [3.05, 3.63) is 51.9 Å². The lowest BCUT2D eigenvalue weighted by Crippen LogP contribution is -1.99. The molecule has 0 amide bonds. The zero-order valence-electron chi connectivity index (χ0n) is 9.33. The molecule has 0 unspecified atom stereocenters. The van der Waals surface area contributed by atoms with Crippen molar-refractivity contribution in [3.8, 4) is 6.07 Å². The van der Waals surface area contributed by atoms with Gasteiger partial charge in [0.05, 0.1) is 6.54 Å². The molecule has 3 nitrogen and oxygen atoms in total. The molecular formula is C13H11BrN2O. The third kappa shape index (κ3) is 2.89. The zero-order chi connectivity index (χ0) is 12.3. The third-order valence-corrected chi connectivity index (χ3v) is 3.04. The minimum atomic E-state index is 0.338. The highest BCUT2D eigenvalue weighted by atomic mass is 79.9. The molecule has 0 saturated carbocycles. The molecule has 2 aromatic rings. The third-order valence-electron chi connectivity index (χ3n) is 2.35. The van der Waals surface area contributed by atoms with E-state index in [1.165, 1.54) is 5.56 Å². The Balaban J connectivity index is 2.07. The lowest BCUT2D eigenvalue weighted by molar-refractivity contribution is 0.506. The van der Waals surface area contributed by atoms with E-state index in [1.54, 1.807) is 12.1 Å². The normalized spacial score (nSPS) is 9.94. The van der Waals surface area contributed by atoms with Gasteiger partial charge in [0, 0.05) is 10.2 Å². The fourth-order valence-electron chi connectivity index (χ4n) is 1.49. The average molecular weight is 291 g/mol. The Hall–Kier alpha value is -1.73. The van der Waals surface area contributed by atoms with Crippen molar-refractivity contribution < 1.29 is 4.42 Å². The molecule has 0 saturated heterocycles. The van der Waals surface area contributed by atoms with Gasteiger partial charge in [-0.2, -0.15) is 5.26 Å². The van der Waals surface area contributed by atoms with Gasteiger partial charge in [-0.05, 0) is 52.7 Å². The lowest BCUT2D eigenvalue weighted by Gasteiger charge is -2.07. The molecule has 0 aliphatic carbocycles. The van der Waals surface area contributed by atoms with Crippen molar-refractivity contribution in [2.45, 2.75) is 13.5 Å². The zero-order valence-corrected chi connectivity index (χ0v) is 10.9. The van der Waals surface area contributed by atoms with E-state index in [4.69, 9.17) is 9.68 Å². The predicted molar refractivity (Wildman–Crippen MR) is 69.6 cm³/mol. The van der Waals surface area contributed by atoms with Gasteiger partial charge < -0.3 is 9.73 Å². The summed E-state index contributed by atoms with van der Waals surface area (Å²) < 4.78 is 6.30. The molecule has 0 bridgehead atoms. The van der Waals surface area contributed by atoms with Gasteiger partial charge in [-0.25, -0.2) is 0 Å². The minimum Gasteiger partial charge on any atom is -0.449 e. The Labute approximate surface area is 108 Å². The molecule has 0 aliphatic rings. The second-order valence-electron chi connectivity index (χ2n) is 3.71. The van der Waals surface area contributed by atoms with Gasteiger partial charge in [-0.3, -0.25) is 0 Å². The van der Waals surface area contributed by atoms with Crippen LogP contribution < -0.4 is 5.32 Å². The Kier molecular flexibility index (Phi) is 3.50. The quantitative estimate of drug-likeness (QED) is 0.934. The first-order chi connectivity index (χ1) is 8.19. The fraction of sp³-hybridized carbons (Fsp3) is 0.154. The van der Waals surface area contributed by atoms with Gasteiger partial charge >= 0.3 is 0 Å². The Morgan fingerprint density at radius 2 is 2.18 bits per heavy atom. The molecule has 1 aromatic carbocycles. The van der Waals surface area contributed by atoms with E-state index in [-0.39, 0.29) is 0 Å². The summed E-state index contributed by atoms with van der Waals surface area (Å²) in [4.78, 5) is 0. The number of benzene rings is 1. The van der Waals surface area contributed by atoms with Crippen LogP contribution in [0.5, 0.6) is 0 Å². The standard InChI is InChI=1S/C13H11BrN2O/c1-9-2-5-12(14)13(6-9)16-8-11-4-3-10(7-15)17-11/h2-6,16H,8H2,1H3. The summed E-state index contributed by atoms with van der Waals surface area (Å²) >= 11 is 3.48. The number of aryl methyl sites for hydroxylation is 1. The first kappa shape index (κ1) is 11.7. The van der Waals surface area contributed by atoms with Crippen LogP contribution in [-0.4, -0.2) is 0 Å². The maximum Gasteiger partial charge on any atom is 0.203 e. The molecule has 0 aliphatic heterocycles. The number of hydrogen-bond donors (Lipinski definition) is 1. The number of halogens is 1. The van der Waals surface area contributed by atoms with Crippen molar-refractivity contribution in [2.75, 3.05) is 5.32 Å². The number of furan rings is 1. The van der Waals surface area contributed by atoms with E-state index in [2.05, 4.69) is 27.3 Å².